The Morgan fingerprint density at radius 3 is 2.94 bits per heavy atom. The molecule has 0 spiro atoms. The van der Waals surface area contributed by atoms with Crippen LogP contribution in [0.4, 0.5) is 0 Å². The molecule has 0 unspecified atom stereocenters. The summed E-state index contributed by atoms with van der Waals surface area (Å²) >= 11 is 3.30. The van der Waals surface area contributed by atoms with Gasteiger partial charge in [-0.2, -0.15) is 0 Å². The van der Waals surface area contributed by atoms with E-state index in [1.165, 1.54) is 6.20 Å². The van der Waals surface area contributed by atoms with Gasteiger partial charge in [0.15, 0.2) is 0 Å². The molecule has 6 heteroatoms. The van der Waals surface area contributed by atoms with Gasteiger partial charge in [0.25, 0.3) is 6.01 Å². The molecule has 0 saturated heterocycles. The van der Waals surface area contributed by atoms with E-state index in [1.54, 1.807) is 18.2 Å². The van der Waals surface area contributed by atoms with Crippen LogP contribution in [0.25, 0.3) is 0 Å². The summed E-state index contributed by atoms with van der Waals surface area (Å²) in [6.07, 6.45) is 1.20. The highest BCUT2D eigenvalue weighted by Crippen LogP contribution is 2.22. The summed E-state index contributed by atoms with van der Waals surface area (Å²) in [7, 11) is 0. The predicted molar refractivity (Wildman–Crippen MR) is 59.8 cm³/mol. The molecule has 0 saturated carbocycles. The number of carboxylic acids is 1. The lowest BCUT2D eigenvalue weighted by molar-refractivity contribution is 0.0690. The van der Waals surface area contributed by atoms with E-state index in [1.807, 2.05) is 6.07 Å². The fraction of sp³-hybridized carbons (Fsp3) is 0. The maximum absolute atomic E-state index is 10.6. The fourth-order valence-corrected chi connectivity index (χ4v) is 1.48. The van der Waals surface area contributed by atoms with E-state index in [0.717, 1.165) is 4.47 Å². The second-order valence-electron chi connectivity index (χ2n) is 2.97. The molecule has 0 radical (unpaired) electrons. The number of nitrogens with one attached hydrogen (secondary N) is 1. The number of hydrogen-bond acceptors (Lipinski definition) is 3. The molecule has 5 nitrogen and oxygen atoms in total. The Kier molecular flexibility index (Phi) is 2.91. The Balaban J connectivity index is 2.17. The van der Waals surface area contributed by atoms with E-state index in [-0.39, 0.29) is 11.7 Å². The van der Waals surface area contributed by atoms with E-state index in [9.17, 15) is 4.79 Å². The Morgan fingerprint density at radius 1 is 1.50 bits per heavy atom. The zero-order valence-electron chi connectivity index (χ0n) is 7.98. The number of aromatic nitrogens is 2. The van der Waals surface area contributed by atoms with Crippen molar-refractivity contribution in [3.05, 3.63) is 40.6 Å². The summed E-state index contributed by atoms with van der Waals surface area (Å²) in [6.45, 7) is 0. The maximum atomic E-state index is 10.6. The van der Waals surface area contributed by atoms with Gasteiger partial charge in [-0.3, -0.25) is 0 Å². The Labute approximate surface area is 99.2 Å². The van der Waals surface area contributed by atoms with Crippen LogP contribution in [-0.4, -0.2) is 21.0 Å². The molecule has 2 N–H and O–H groups in total. The highest BCUT2D eigenvalue weighted by molar-refractivity contribution is 9.10. The molecule has 82 valence electrons. The number of halogens is 1. The maximum Gasteiger partial charge on any atom is 0.354 e. The summed E-state index contributed by atoms with van der Waals surface area (Å²) < 4.78 is 6.20. The average molecular weight is 283 g/mol. The molecule has 2 aromatic rings. The molecule has 0 aliphatic carbocycles. The summed E-state index contributed by atoms with van der Waals surface area (Å²) in [5.41, 5.74) is -0.00926. The SMILES string of the molecule is O=C(O)c1cnc(Oc2cccc(Br)c2)[nH]1. The second-order valence-corrected chi connectivity index (χ2v) is 3.88. The molecule has 0 fully saturated rings. The quantitative estimate of drug-likeness (QED) is 0.908. The van der Waals surface area contributed by atoms with Gasteiger partial charge in [-0.1, -0.05) is 22.0 Å². The molecular weight excluding hydrogens is 276 g/mol. The van der Waals surface area contributed by atoms with E-state index < -0.39 is 5.97 Å². The van der Waals surface area contributed by atoms with Crippen molar-refractivity contribution in [2.24, 2.45) is 0 Å². The number of nitrogens with zero attached hydrogens (tertiary/aromatic N) is 1. The van der Waals surface area contributed by atoms with Gasteiger partial charge in [0.1, 0.15) is 11.4 Å². The summed E-state index contributed by atoms with van der Waals surface area (Å²) in [5.74, 6) is -0.503. The van der Waals surface area contributed by atoms with Crippen LogP contribution in [0.2, 0.25) is 0 Å². The normalized spacial score (nSPS) is 10.1. The highest BCUT2D eigenvalue weighted by Gasteiger charge is 2.08. The molecule has 0 bridgehead atoms. The summed E-state index contributed by atoms with van der Waals surface area (Å²) in [5, 5.41) is 8.67. The number of benzene rings is 1. The smallest absolute Gasteiger partial charge is 0.354 e. The van der Waals surface area contributed by atoms with E-state index in [4.69, 9.17) is 9.84 Å². The monoisotopic (exact) mass is 282 g/mol. The van der Waals surface area contributed by atoms with E-state index >= 15 is 0 Å². The van der Waals surface area contributed by atoms with Crippen molar-refractivity contribution in [3.63, 3.8) is 0 Å². The molecule has 1 heterocycles. The minimum absolute atomic E-state index is 0.00926. The Hall–Kier alpha value is -1.82. The number of aromatic amines is 1. The summed E-state index contributed by atoms with van der Waals surface area (Å²) in [6, 6.07) is 7.31. The van der Waals surface area contributed by atoms with Crippen molar-refractivity contribution in [2.45, 2.75) is 0 Å². The molecule has 16 heavy (non-hydrogen) atoms. The lowest BCUT2D eigenvalue weighted by Crippen LogP contribution is -1.95. The zero-order valence-corrected chi connectivity index (χ0v) is 9.56. The van der Waals surface area contributed by atoms with Crippen LogP contribution in [0, 0.1) is 0 Å². The van der Waals surface area contributed by atoms with Crippen molar-refractivity contribution < 1.29 is 14.6 Å². The first-order valence-electron chi connectivity index (χ1n) is 4.37. The molecule has 0 amide bonds. The van der Waals surface area contributed by atoms with Crippen molar-refractivity contribution in [1.82, 2.24) is 9.97 Å². The number of ether oxygens (including phenoxy) is 1. The zero-order chi connectivity index (χ0) is 11.5. The Bertz CT molecular complexity index is 524. The second kappa shape index (κ2) is 4.36. The number of carbonyl (C=O) groups is 1. The van der Waals surface area contributed by atoms with E-state index in [0.29, 0.717) is 5.75 Å². The third-order valence-electron chi connectivity index (χ3n) is 1.79. The molecule has 2 rings (SSSR count). The van der Waals surface area contributed by atoms with E-state index in [2.05, 4.69) is 25.9 Å². The van der Waals surface area contributed by atoms with Crippen molar-refractivity contribution >= 4 is 21.9 Å². The highest BCUT2D eigenvalue weighted by atomic mass is 79.9. The Morgan fingerprint density at radius 2 is 2.31 bits per heavy atom. The molecule has 0 aliphatic heterocycles. The predicted octanol–water partition coefficient (Wildman–Crippen LogP) is 2.66. The van der Waals surface area contributed by atoms with Crippen LogP contribution < -0.4 is 4.74 Å². The van der Waals surface area contributed by atoms with Crippen LogP contribution in [0.1, 0.15) is 10.5 Å². The number of carboxylic acid groups (broad SMARTS) is 1. The van der Waals surface area contributed by atoms with Crippen molar-refractivity contribution in [1.29, 1.82) is 0 Å². The number of imidazole rings is 1. The van der Waals surface area contributed by atoms with Crippen LogP contribution in [0.15, 0.2) is 34.9 Å². The fourth-order valence-electron chi connectivity index (χ4n) is 1.11. The van der Waals surface area contributed by atoms with Gasteiger partial charge in [0.2, 0.25) is 0 Å². The largest absolute Gasteiger partial charge is 0.477 e. The van der Waals surface area contributed by atoms with Crippen molar-refractivity contribution in [3.8, 4) is 11.8 Å². The van der Waals surface area contributed by atoms with Crippen LogP contribution in [0.5, 0.6) is 11.8 Å². The number of aromatic carboxylic acids is 1. The molecule has 0 aliphatic rings. The third-order valence-corrected chi connectivity index (χ3v) is 2.29. The molecule has 1 aromatic heterocycles. The first-order valence-corrected chi connectivity index (χ1v) is 5.16. The van der Waals surface area contributed by atoms with Crippen LogP contribution >= 0.6 is 15.9 Å². The molecule has 0 atom stereocenters. The van der Waals surface area contributed by atoms with Gasteiger partial charge < -0.3 is 14.8 Å². The summed E-state index contributed by atoms with van der Waals surface area (Å²) in [4.78, 5) is 16.9. The lowest BCUT2D eigenvalue weighted by Gasteiger charge is -2.01. The first kappa shape index (κ1) is 10.7. The van der Waals surface area contributed by atoms with Gasteiger partial charge in [0, 0.05) is 4.47 Å². The standard InChI is InChI=1S/C10H7BrN2O3/c11-6-2-1-3-7(4-6)16-10-12-5-8(13-10)9(14)15/h1-5H,(H,12,13)(H,14,15). The van der Waals surface area contributed by atoms with Gasteiger partial charge in [-0.05, 0) is 18.2 Å². The van der Waals surface area contributed by atoms with Gasteiger partial charge in [-0.15, -0.1) is 0 Å². The number of rotatable bonds is 3. The number of H-pyrrole nitrogens is 1. The minimum atomic E-state index is -1.07. The molecule has 1 aromatic carbocycles. The lowest BCUT2D eigenvalue weighted by atomic mass is 10.3. The third kappa shape index (κ3) is 2.40. The first-order chi connectivity index (χ1) is 7.65. The van der Waals surface area contributed by atoms with Crippen molar-refractivity contribution in [2.75, 3.05) is 0 Å². The topological polar surface area (TPSA) is 75.2 Å². The van der Waals surface area contributed by atoms with Gasteiger partial charge in [-0.25, -0.2) is 9.78 Å². The minimum Gasteiger partial charge on any atom is -0.477 e. The van der Waals surface area contributed by atoms with Crippen LogP contribution in [-0.2, 0) is 0 Å². The molecular formula is C10H7BrN2O3. The average Bonchev–Trinajstić information content (AvgIpc) is 2.66. The van der Waals surface area contributed by atoms with Gasteiger partial charge in [0.05, 0.1) is 6.20 Å². The van der Waals surface area contributed by atoms with Crippen LogP contribution in [0.3, 0.4) is 0 Å². The number of hydrogen-bond donors (Lipinski definition) is 2. The van der Waals surface area contributed by atoms with Gasteiger partial charge >= 0.3 is 5.97 Å².